The predicted octanol–water partition coefficient (Wildman–Crippen LogP) is 4.00. The molecule has 0 amide bonds. The summed E-state index contributed by atoms with van der Waals surface area (Å²) >= 11 is 0. The molecule has 0 aromatic heterocycles. The molecule has 1 unspecified atom stereocenters. The Morgan fingerprint density at radius 3 is 2.64 bits per heavy atom. The van der Waals surface area contributed by atoms with Gasteiger partial charge in [-0.3, -0.25) is 4.79 Å². The second-order valence-corrected chi connectivity index (χ2v) is 7.81. The number of phenolic OH excluding ortho intramolecular Hbond substituents is 1. The van der Waals surface area contributed by atoms with Crippen molar-refractivity contribution in [2.45, 2.75) is 59.5 Å². The van der Waals surface area contributed by atoms with Gasteiger partial charge in [0.1, 0.15) is 0 Å². The molecule has 0 spiro atoms. The van der Waals surface area contributed by atoms with Crippen LogP contribution in [0.15, 0.2) is 18.2 Å². The number of aromatic hydroxyl groups is 1. The fraction of sp³-hybridized carbons (Fsp3) is 0.611. The number of hydrogen-bond acceptors (Lipinski definition) is 3. The van der Waals surface area contributed by atoms with Gasteiger partial charge in [0.05, 0.1) is 11.5 Å². The molecule has 122 valence electrons. The van der Waals surface area contributed by atoms with Gasteiger partial charge in [0, 0.05) is 0 Å². The van der Waals surface area contributed by atoms with E-state index in [1.165, 1.54) is 0 Å². The number of ether oxygens (including phenoxy) is 1. The van der Waals surface area contributed by atoms with Crippen molar-refractivity contribution in [1.29, 1.82) is 0 Å². The molecule has 1 atom stereocenters. The highest BCUT2D eigenvalue weighted by molar-refractivity contribution is 5.74. The number of hydrogen-bond donors (Lipinski definition) is 2. The number of carboxylic acids is 1. The van der Waals surface area contributed by atoms with E-state index in [2.05, 4.69) is 13.8 Å². The predicted molar refractivity (Wildman–Crippen MR) is 85.3 cm³/mol. The maximum absolute atomic E-state index is 11.2. The summed E-state index contributed by atoms with van der Waals surface area (Å²) in [6, 6.07) is 5.11. The topological polar surface area (TPSA) is 66.8 Å². The Bertz CT molecular complexity index is 560. The van der Waals surface area contributed by atoms with Crippen LogP contribution < -0.4 is 4.74 Å². The van der Waals surface area contributed by atoms with Crippen molar-refractivity contribution >= 4 is 5.97 Å². The third-order valence-electron chi connectivity index (χ3n) is 4.47. The van der Waals surface area contributed by atoms with Gasteiger partial charge in [0.2, 0.25) is 0 Å². The lowest BCUT2D eigenvalue weighted by Crippen LogP contribution is -2.26. The second-order valence-electron chi connectivity index (χ2n) is 7.81. The molecule has 0 bridgehead atoms. The van der Waals surface area contributed by atoms with Gasteiger partial charge in [-0.2, -0.15) is 0 Å². The number of rotatable bonds is 5. The van der Waals surface area contributed by atoms with Crippen LogP contribution in [0.4, 0.5) is 0 Å². The normalized spacial score (nSPS) is 20.8. The zero-order valence-corrected chi connectivity index (χ0v) is 13.8. The zero-order valence-electron chi connectivity index (χ0n) is 13.8. The Hall–Kier alpha value is -1.71. The van der Waals surface area contributed by atoms with Gasteiger partial charge in [0.25, 0.3) is 0 Å². The van der Waals surface area contributed by atoms with Gasteiger partial charge < -0.3 is 14.9 Å². The molecule has 1 aromatic rings. The van der Waals surface area contributed by atoms with Gasteiger partial charge in [0.15, 0.2) is 11.5 Å². The maximum atomic E-state index is 11.2. The summed E-state index contributed by atoms with van der Waals surface area (Å²) in [5.41, 5.74) is 0.296. The van der Waals surface area contributed by atoms with Gasteiger partial charge >= 0.3 is 5.97 Å². The van der Waals surface area contributed by atoms with Gasteiger partial charge in [-0.05, 0) is 62.6 Å². The van der Waals surface area contributed by atoms with Gasteiger partial charge in [-0.1, -0.05) is 19.9 Å². The molecule has 1 aliphatic carbocycles. The highest BCUT2D eigenvalue weighted by atomic mass is 16.5. The molecule has 0 heterocycles. The Morgan fingerprint density at radius 1 is 1.41 bits per heavy atom. The van der Waals surface area contributed by atoms with E-state index in [9.17, 15) is 15.0 Å². The number of phenols is 1. The summed E-state index contributed by atoms with van der Waals surface area (Å²) in [5.74, 6) is -0.261. The molecule has 1 saturated carbocycles. The van der Waals surface area contributed by atoms with Crippen molar-refractivity contribution in [3.63, 3.8) is 0 Å². The summed E-state index contributed by atoms with van der Waals surface area (Å²) < 4.78 is 5.96. The zero-order chi connectivity index (χ0) is 16.5. The Kier molecular flexibility index (Phi) is 4.41. The van der Waals surface area contributed by atoms with Crippen LogP contribution in [-0.2, 0) is 11.2 Å². The third kappa shape index (κ3) is 3.93. The van der Waals surface area contributed by atoms with Crippen LogP contribution in [-0.4, -0.2) is 22.3 Å². The molecule has 22 heavy (non-hydrogen) atoms. The highest BCUT2D eigenvalue weighted by Gasteiger charge is 2.33. The minimum atomic E-state index is -0.844. The van der Waals surface area contributed by atoms with E-state index in [1.54, 1.807) is 32.0 Å². The standard InChI is InChI=1S/C18H26O4/c1-17(2)8-7-13(11-17)22-15-9-12(5-6-14(15)19)10-18(3,4)16(20)21/h5-6,9,13,19H,7-8,10-11H2,1-4H3,(H,20,21). The molecule has 0 saturated heterocycles. The highest BCUT2D eigenvalue weighted by Crippen LogP contribution is 2.40. The first-order chi connectivity index (χ1) is 10.1. The molecule has 2 N–H and O–H groups in total. The first-order valence-corrected chi connectivity index (χ1v) is 7.81. The monoisotopic (exact) mass is 306 g/mol. The van der Waals surface area contributed by atoms with Crippen LogP contribution >= 0.6 is 0 Å². The first-order valence-electron chi connectivity index (χ1n) is 7.81. The summed E-state index contributed by atoms with van der Waals surface area (Å²) in [7, 11) is 0. The third-order valence-corrected chi connectivity index (χ3v) is 4.47. The Labute approximate surface area is 132 Å². The van der Waals surface area contributed by atoms with E-state index >= 15 is 0 Å². The number of aliphatic carboxylic acids is 1. The summed E-state index contributed by atoms with van der Waals surface area (Å²) in [4.78, 5) is 11.2. The molecule has 0 radical (unpaired) electrons. The maximum Gasteiger partial charge on any atom is 0.309 e. The number of carboxylic acid groups (broad SMARTS) is 1. The van der Waals surface area contributed by atoms with Crippen LogP contribution in [0.2, 0.25) is 0 Å². The summed E-state index contributed by atoms with van der Waals surface area (Å²) in [5, 5.41) is 19.2. The molecule has 4 nitrogen and oxygen atoms in total. The van der Waals surface area contributed by atoms with Crippen LogP contribution in [0.5, 0.6) is 11.5 Å². The first kappa shape index (κ1) is 16.7. The van der Waals surface area contributed by atoms with Crippen LogP contribution in [0.25, 0.3) is 0 Å². The van der Waals surface area contributed by atoms with Crippen molar-refractivity contribution in [3.8, 4) is 11.5 Å². The second kappa shape index (κ2) is 5.82. The fourth-order valence-electron chi connectivity index (χ4n) is 3.00. The molecule has 1 aliphatic rings. The largest absolute Gasteiger partial charge is 0.504 e. The van der Waals surface area contributed by atoms with Crippen LogP contribution in [0.3, 0.4) is 0 Å². The van der Waals surface area contributed by atoms with Crippen molar-refractivity contribution in [2.75, 3.05) is 0 Å². The molecule has 1 fully saturated rings. The van der Waals surface area contributed by atoms with Crippen molar-refractivity contribution in [2.24, 2.45) is 10.8 Å². The van der Waals surface area contributed by atoms with E-state index in [1.807, 2.05) is 0 Å². The SMILES string of the molecule is CC1(C)CCC(Oc2cc(CC(C)(C)C(=O)O)ccc2O)C1. The molecule has 0 aliphatic heterocycles. The molecule has 2 rings (SSSR count). The molecule has 1 aromatic carbocycles. The van der Waals surface area contributed by atoms with E-state index in [0.717, 1.165) is 24.8 Å². The minimum Gasteiger partial charge on any atom is -0.504 e. The molecular weight excluding hydrogens is 280 g/mol. The van der Waals surface area contributed by atoms with Gasteiger partial charge in [-0.25, -0.2) is 0 Å². The average molecular weight is 306 g/mol. The summed E-state index contributed by atoms with van der Waals surface area (Å²) in [6.45, 7) is 7.84. The van der Waals surface area contributed by atoms with Crippen LogP contribution in [0, 0.1) is 10.8 Å². The lowest BCUT2D eigenvalue weighted by atomic mass is 9.86. The average Bonchev–Trinajstić information content (AvgIpc) is 2.72. The summed E-state index contributed by atoms with van der Waals surface area (Å²) in [6.07, 6.45) is 3.58. The van der Waals surface area contributed by atoms with Crippen molar-refractivity contribution < 1.29 is 19.7 Å². The lowest BCUT2D eigenvalue weighted by molar-refractivity contribution is -0.146. The van der Waals surface area contributed by atoms with Crippen LogP contribution in [0.1, 0.15) is 52.5 Å². The minimum absolute atomic E-state index is 0.113. The number of carbonyl (C=O) groups is 1. The quantitative estimate of drug-likeness (QED) is 0.862. The Morgan fingerprint density at radius 2 is 2.09 bits per heavy atom. The van der Waals surface area contributed by atoms with E-state index in [4.69, 9.17) is 4.74 Å². The van der Waals surface area contributed by atoms with E-state index in [-0.39, 0.29) is 17.3 Å². The molecule has 4 heteroatoms. The lowest BCUT2D eigenvalue weighted by Gasteiger charge is -2.21. The smallest absolute Gasteiger partial charge is 0.309 e. The van der Waals surface area contributed by atoms with Crippen molar-refractivity contribution in [1.82, 2.24) is 0 Å². The fourth-order valence-corrected chi connectivity index (χ4v) is 3.00. The van der Waals surface area contributed by atoms with E-state index < -0.39 is 11.4 Å². The van der Waals surface area contributed by atoms with Crippen molar-refractivity contribution in [3.05, 3.63) is 23.8 Å². The molecular formula is C18H26O4. The Balaban J connectivity index is 2.12. The number of benzene rings is 1. The van der Waals surface area contributed by atoms with E-state index in [0.29, 0.717) is 12.2 Å². The van der Waals surface area contributed by atoms with Gasteiger partial charge in [-0.15, -0.1) is 0 Å².